The van der Waals surface area contributed by atoms with Gasteiger partial charge in [-0.2, -0.15) is 0 Å². The van der Waals surface area contributed by atoms with Gasteiger partial charge in [0.15, 0.2) is 0 Å². The van der Waals surface area contributed by atoms with Crippen molar-refractivity contribution in [2.75, 3.05) is 20.3 Å². The normalized spacial score (nSPS) is 27.3. The number of hydrogen-bond acceptors (Lipinski definition) is 3. The molecule has 4 nitrogen and oxygen atoms in total. The van der Waals surface area contributed by atoms with E-state index in [4.69, 9.17) is 12.2 Å². The minimum absolute atomic E-state index is 0.0647. The molecule has 0 bridgehead atoms. The molecule has 0 saturated carbocycles. The summed E-state index contributed by atoms with van der Waals surface area (Å²) in [5, 5.41) is 0.841. The van der Waals surface area contributed by atoms with Crippen LogP contribution in [0.25, 0.3) is 10.9 Å². The van der Waals surface area contributed by atoms with Crippen LogP contribution >= 0.6 is 0 Å². The molecule has 112 valence electrons. The molecule has 0 radical (unpaired) electrons. The van der Waals surface area contributed by atoms with Gasteiger partial charge in [-0.3, -0.25) is 4.79 Å². The zero-order valence-corrected chi connectivity index (χ0v) is 12.6. The number of methoxy groups -OCH3 is 1. The quantitative estimate of drug-likeness (QED) is 0.853. The Morgan fingerprint density at radius 2 is 2.24 bits per heavy atom. The monoisotopic (exact) mass is 289 g/mol. The summed E-state index contributed by atoms with van der Waals surface area (Å²) >= 11 is 0. The van der Waals surface area contributed by atoms with Gasteiger partial charge in [0.2, 0.25) is 0 Å². The first-order chi connectivity index (χ1) is 10.9. The SMILES string of the molecule is [2H]C1COCCC1([2H])c1cc(OC)c2cc(C)c(=O)n(C)c2c1. The van der Waals surface area contributed by atoms with Crippen molar-refractivity contribution in [3.05, 3.63) is 39.7 Å². The lowest BCUT2D eigenvalue weighted by Crippen LogP contribution is -2.20. The molecule has 1 aliphatic rings. The van der Waals surface area contributed by atoms with E-state index >= 15 is 0 Å². The molecule has 1 aromatic carbocycles. The van der Waals surface area contributed by atoms with Crippen molar-refractivity contribution in [3.8, 4) is 5.75 Å². The van der Waals surface area contributed by atoms with E-state index in [0.29, 0.717) is 29.9 Å². The number of pyridine rings is 1. The Labute approximate surface area is 127 Å². The number of hydrogen-bond donors (Lipinski definition) is 0. The molecular formula is C17H21NO3. The third-order valence-corrected chi connectivity index (χ3v) is 4.04. The van der Waals surface area contributed by atoms with Crippen LogP contribution in [0.3, 0.4) is 0 Å². The second-order valence-electron chi connectivity index (χ2n) is 5.36. The topological polar surface area (TPSA) is 40.5 Å². The van der Waals surface area contributed by atoms with E-state index in [1.807, 2.05) is 18.2 Å². The molecule has 4 heteroatoms. The lowest BCUT2D eigenvalue weighted by molar-refractivity contribution is 0.0853. The van der Waals surface area contributed by atoms with Crippen LogP contribution in [0.1, 0.15) is 32.6 Å². The fourth-order valence-electron chi connectivity index (χ4n) is 2.83. The summed E-state index contributed by atoms with van der Waals surface area (Å²) in [5.74, 6) is -0.429. The number of rotatable bonds is 2. The molecule has 2 aromatic rings. The molecule has 2 atom stereocenters. The van der Waals surface area contributed by atoms with Crippen molar-refractivity contribution in [2.45, 2.75) is 25.6 Å². The smallest absolute Gasteiger partial charge is 0.253 e. The number of nitrogens with zero attached hydrogens (tertiary/aromatic N) is 1. The average molecular weight is 289 g/mol. The summed E-state index contributed by atoms with van der Waals surface area (Å²) in [6, 6.07) is 5.49. The third kappa shape index (κ3) is 2.44. The van der Waals surface area contributed by atoms with Crippen molar-refractivity contribution in [2.24, 2.45) is 7.05 Å². The van der Waals surface area contributed by atoms with Crippen LogP contribution in [0, 0.1) is 6.92 Å². The molecule has 1 saturated heterocycles. The van der Waals surface area contributed by atoms with E-state index < -0.39 is 12.3 Å². The molecule has 2 unspecified atom stereocenters. The van der Waals surface area contributed by atoms with Crippen LogP contribution in [-0.4, -0.2) is 24.9 Å². The highest BCUT2D eigenvalue weighted by atomic mass is 16.5. The predicted molar refractivity (Wildman–Crippen MR) is 83.3 cm³/mol. The first kappa shape index (κ1) is 11.8. The molecule has 3 rings (SSSR count). The summed E-state index contributed by atoms with van der Waals surface area (Å²) < 4.78 is 29.4. The number of aromatic nitrogens is 1. The Hall–Kier alpha value is -1.81. The molecule has 1 fully saturated rings. The molecule has 1 aliphatic heterocycles. The molecule has 0 spiro atoms. The molecule has 0 amide bonds. The summed E-state index contributed by atoms with van der Waals surface area (Å²) in [7, 11) is 3.30. The molecule has 2 heterocycles. The van der Waals surface area contributed by atoms with Crippen molar-refractivity contribution in [3.63, 3.8) is 0 Å². The Balaban J connectivity index is 2.30. The van der Waals surface area contributed by atoms with Crippen molar-refractivity contribution < 1.29 is 12.2 Å². The maximum absolute atomic E-state index is 12.2. The average Bonchev–Trinajstić information content (AvgIpc) is 2.55. The van der Waals surface area contributed by atoms with Gasteiger partial charge >= 0.3 is 0 Å². The number of aryl methyl sites for hydroxylation is 2. The van der Waals surface area contributed by atoms with Gasteiger partial charge in [0.25, 0.3) is 5.56 Å². The minimum atomic E-state index is -1.05. The van der Waals surface area contributed by atoms with E-state index in [2.05, 4.69) is 0 Å². The third-order valence-electron chi connectivity index (χ3n) is 4.04. The highest BCUT2D eigenvalue weighted by molar-refractivity contribution is 5.87. The van der Waals surface area contributed by atoms with Crippen LogP contribution in [0.4, 0.5) is 0 Å². The fourth-order valence-corrected chi connectivity index (χ4v) is 2.83. The Bertz CT molecular complexity index is 818. The van der Waals surface area contributed by atoms with Crippen LogP contribution in [0.5, 0.6) is 5.75 Å². The predicted octanol–water partition coefficient (Wildman–Crippen LogP) is 2.75. The zero-order chi connectivity index (χ0) is 16.8. The number of ether oxygens (including phenoxy) is 2. The standard InChI is InChI=1S/C17H21NO3/c1-11-8-14-15(18(2)17(11)19)9-13(10-16(14)20-3)12-4-6-21-7-5-12/h8-10,12H,4-7H2,1-3H3/i4D,12D. The van der Waals surface area contributed by atoms with Gasteiger partial charge in [-0.15, -0.1) is 0 Å². The molecular weight excluding hydrogens is 266 g/mol. The maximum atomic E-state index is 12.2. The second kappa shape index (κ2) is 5.53. The lowest BCUT2D eigenvalue weighted by atomic mass is 9.90. The van der Waals surface area contributed by atoms with E-state index in [1.54, 1.807) is 25.6 Å². The van der Waals surface area contributed by atoms with Crippen molar-refractivity contribution >= 4 is 10.9 Å². The molecule has 0 N–H and O–H groups in total. The van der Waals surface area contributed by atoms with Gasteiger partial charge < -0.3 is 14.0 Å². The van der Waals surface area contributed by atoms with Gasteiger partial charge in [-0.05, 0) is 49.4 Å². The van der Waals surface area contributed by atoms with Crippen LogP contribution < -0.4 is 10.3 Å². The largest absolute Gasteiger partial charge is 0.496 e. The van der Waals surface area contributed by atoms with Gasteiger partial charge in [0.1, 0.15) is 5.75 Å². The lowest BCUT2D eigenvalue weighted by Gasteiger charge is -2.23. The Kier molecular flexibility index (Phi) is 3.11. The van der Waals surface area contributed by atoms with E-state index in [0.717, 1.165) is 10.9 Å². The van der Waals surface area contributed by atoms with Crippen LogP contribution in [0.15, 0.2) is 23.0 Å². The van der Waals surface area contributed by atoms with Gasteiger partial charge in [-0.1, -0.05) is 0 Å². The first-order valence-electron chi connectivity index (χ1n) is 8.15. The van der Waals surface area contributed by atoms with E-state index in [9.17, 15) is 4.79 Å². The van der Waals surface area contributed by atoms with Crippen LogP contribution in [0.2, 0.25) is 0 Å². The highest BCUT2D eigenvalue weighted by Gasteiger charge is 2.19. The Morgan fingerprint density at radius 3 is 2.95 bits per heavy atom. The first-order valence-corrected chi connectivity index (χ1v) is 7.07. The molecule has 21 heavy (non-hydrogen) atoms. The maximum Gasteiger partial charge on any atom is 0.253 e. The van der Waals surface area contributed by atoms with E-state index in [1.165, 1.54) is 0 Å². The molecule has 0 aliphatic carbocycles. The van der Waals surface area contributed by atoms with Crippen molar-refractivity contribution in [1.29, 1.82) is 0 Å². The number of benzene rings is 1. The molecule has 1 aromatic heterocycles. The summed E-state index contributed by atoms with van der Waals surface area (Å²) in [4.78, 5) is 12.2. The van der Waals surface area contributed by atoms with Crippen molar-refractivity contribution in [1.82, 2.24) is 4.57 Å². The van der Waals surface area contributed by atoms with Gasteiger partial charge in [0.05, 0.1) is 12.6 Å². The highest BCUT2D eigenvalue weighted by Crippen LogP contribution is 2.34. The van der Waals surface area contributed by atoms with Gasteiger partial charge in [0, 0.05) is 34.0 Å². The zero-order valence-electron chi connectivity index (χ0n) is 14.6. The summed E-state index contributed by atoms with van der Waals surface area (Å²) in [5.41, 5.74) is 2.01. The van der Waals surface area contributed by atoms with Gasteiger partial charge in [-0.25, -0.2) is 0 Å². The minimum Gasteiger partial charge on any atom is -0.496 e. The van der Waals surface area contributed by atoms with Crippen LogP contribution in [-0.2, 0) is 11.8 Å². The summed E-state index contributed by atoms with van der Waals surface area (Å²) in [6.45, 7) is 2.49. The van der Waals surface area contributed by atoms with E-state index in [-0.39, 0.29) is 12.2 Å². The second-order valence-corrected chi connectivity index (χ2v) is 5.36. The fraction of sp³-hybridized carbons (Fsp3) is 0.471. The Morgan fingerprint density at radius 1 is 1.43 bits per heavy atom. The number of fused-ring (bicyclic) bond motifs is 1. The summed E-state index contributed by atoms with van der Waals surface area (Å²) in [6.07, 6.45) is -0.212.